The Bertz CT molecular complexity index is 274. The molecule has 0 saturated heterocycles. The predicted molar refractivity (Wildman–Crippen MR) is 44.1 cm³/mol. The first-order valence-electron chi connectivity index (χ1n) is 3.19. The molecule has 0 spiro atoms. The van der Waals surface area contributed by atoms with E-state index in [1.165, 1.54) is 0 Å². The van der Waals surface area contributed by atoms with Crippen molar-refractivity contribution in [3.63, 3.8) is 0 Å². The molecule has 11 heavy (non-hydrogen) atoms. The van der Waals surface area contributed by atoms with Gasteiger partial charge in [0.2, 0.25) is 0 Å². The molecule has 3 nitrogen and oxygen atoms in total. The van der Waals surface area contributed by atoms with Gasteiger partial charge in [0.25, 0.3) is 0 Å². The average molecular weight is 169 g/mol. The summed E-state index contributed by atoms with van der Waals surface area (Å²) in [4.78, 5) is 0. The van der Waals surface area contributed by atoms with Crippen LogP contribution in [-0.4, -0.2) is 0 Å². The van der Waals surface area contributed by atoms with Crippen molar-refractivity contribution >= 4 is 10.8 Å². The highest BCUT2D eigenvalue weighted by atomic mass is 32.2. The molecule has 0 amide bonds. The highest BCUT2D eigenvalue weighted by Gasteiger charge is 1.83. The molecular formula is C7H9N2OS-. The van der Waals surface area contributed by atoms with Crippen LogP contribution >= 0.6 is 0 Å². The Hall–Kier alpha value is -0.870. The Morgan fingerprint density at radius 3 is 2.55 bits per heavy atom. The first-order chi connectivity index (χ1) is 5.29. The molecule has 0 aliphatic rings. The lowest BCUT2D eigenvalue weighted by Gasteiger charge is -2.03. The van der Waals surface area contributed by atoms with Gasteiger partial charge in [-0.15, -0.1) is 10.8 Å². The van der Waals surface area contributed by atoms with Crippen LogP contribution in [0.5, 0.6) is 0 Å². The van der Waals surface area contributed by atoms with E-state index < -0.39 is 10.8 Å². The number of benzene rings is 1. The normalized spacial score (nSPS) is 10.3. The SMILES string of the molecule is N=[S-](=O)NCc1ccccc1. The molecule has 0 bridgehead atoms. The minimum Gasteiger partial charge on any atom is -0.430 e. The zero-order valence-corrected chi connectivity index (χ0v) is 6.73. The number of nitrogens with one attached hydrogen (secondary N) is 2. The molecule has 1 aromatic rings. The highest BCUT2D eigenvalue weighted by molar-refractivity contribution is 7.71. The summed E-state index contributed by atoms with van der Waals surface area (Å²) in [7, 11) is -1.67. The summed E-state index contributed by atoms with van der Waals surface area (Å²) in [5.74, 6) is 0. The standard InChI is InChI=1S/C7H9N2OS/c8-11(10)9-6-7-4-2-1-3-5-7/h1-5H,6H2,(H2,8,9,10)/q-1. The van der Waals surface area contributed by atoms with Crippen molar-refractivity contribution in [3.8, 4) is 0 Å². The highest BCUT2D eigenvalue weighted by Crippen LogP contribution is 1.96. The molecule has 60 valence electrons. The van der Waals surface area contributed by atoms with Gasteiger partial charge < -0.3 is 13.7 Å². The summed E-state index contributed by atoms with van der Waals surface area (Å²) >= 11 is 0. The first kappa shape index (κ1) is 8.23. The van der Waals surface area contributed by atoms with E-state index in [-0.39, 0.29) is 0 Å². The average Bonchev–Trinajstić information content (AvgIpc) is 2.03. The van der Waals surface area contributed by atoms with E-state index in [0.29, 0.717) is 6.54 Å². The van der Waals surface area contributed by atoms with Gasteiger partial charge in [-0.1, -0.05) is 30.3 Å². The Morgan fingerprint density at radius 2 is 2.00 bits per heavy atom. The van der Waals surface area contributed by atoms with Crippen molar-refractivity contribution in [3.05, 3.63) is 35.9 Å². The molecular weight excluding hydrogens is 160 g/mol. The summed E-state index contributed by atoms with van der Waals surface area (Å²) in [5, 5.41) is 0. The van der Waals surface area contributed by atoms with Crippen molar-refractivity contribution in [2.24, 2.45) is 0 Å². The number of rotatable bonds is 3. The summed E-state index contributed by atoms with van der Waals surface area (Å²) in [5.41, 5.74) is 1.04. The van der Waals surface area contributed by atoms with Gasteiger partial charge in [-0.05, 0) is 5.56 Å². The second-order valence-electron chi connectivity index (χ2n) is 2.08. The quantitative estimate of drug-likeness (QED) is 0.660. The van der Waals surface area contributed by atoms with E-state index in [1.807, 2.05) is 30.3 Å². The third-order valence-corrected chi connectivity index (χ3v) is 1.66. The van der Waals surface area contributed by atoms with E-state index >= 15 is 0 Å². The molecule has 0 aliphatic carbocycles. The second-order valence-corrected chi connectivity index (χ2v) is 2.90. The van der Waals surface area contributed by atoms with Crippen molar-refractivity contribution in [1.29, 1.82) is 4.78 Å². The molecule has 0 radical (unpaired) electrons. The lowest BCUT2D eigenvalue weighted by Crippen LogP contribution is -2.08. The van der Waals surface area contributed by atoms with E-state index in [9.17, 15) is 4.21 Å². The number of hydrogen-bond acceptors (Lipinski definition) is 3. The van der Waals surface area contributed by atoms with Gasteiger partial charge in [-0.3, -0.25) is 0 Å². The van der Waals surface area contributed by atoms with Crippen LogP contribution in [0.1, 0.15) is 5.56 Å². The maximum absolute atomic E-state index is 10.3. The minimum absolute atomic E-state index is 0.483. The van der Waals surface area contributed by atoms with Crippen LogP contribution in [0.4, 0.5) is 0 Å². The first-order valence-corrected chi connectivity index (χ1v) is 4.34. The van der Waals surface area contributed by atoms with Crippen molar-refractivity contribution in [2.75, 3.05) is 0 Å². The van der Waals surface area contributed by atoms with Gasteiger partial charge in [0.05, 0.1) is 0 Å². The summed E-state index contributed by atoms with van der Waals surface area (Å²) < 4.78 is 19.5. The molecule has 0 saturated carbocycles. The molecule has 0 unspecified atom stereocenters. The monoisotopic (exact) mass is 169 g/mol. The Balaban J connectivity index is 2.52. The third kappa shape index (κ3) is 3.15. The van der Waals surface area contributed by atoms with Gasteiger partial charge in [-0.2, -0.15) is 0 Å². The lowest BCUT2D eigenvalue weighted by atomic mass is 10.2. The molecule has 4 heteroatoms. The van der Waals surface area contributed by atoms with Gasteiger partial charge >= 0.3 is 0 Å². The van der Waals surface area contributed by atoms with Gasteiger partial charge in [0.1, 0.15) is 0 Å². The Morgan fingerprint density at radius 1 is 1.36 bits per heavy atom. The summed E-state index contributed by atoms with van der Waals surface area (Å²) in [6, 6.07) is 9.56. The fraction of sp³-hybridized carbons (Fsp3) is 0.143. The smallest absolute Gasteiger partial charge is 0.00545 e. The predicted octanol–water partition coefficient (Wildman–Crippen LogP) is 1.42. The molecule has 2 N–H and O–H groups in total. The van der Waals surface area contributed by atoms with Crippen LogP contribution in [0.25, 0.3) is 0 Å². The maximum atomic E-state index is 10.3. The molecule has 0 heterocycles. The van der Waals surface area contributed by atoms with Crippen molar-refractivity contribution in [1.82, 2.24) is 4.72 Å². The topological polar surface area (TPSA) is 53.0 Å². The van der Waals surface area contributed by atoms with E-state index in [1.54, 1.807) is 0 Å². The van der Waals surface area contributed by atoms with Crippen LogP contribution in [0.2, 0.25) is 0 Å². The lowest BCUT2D eigenvalue weighted by molar-refractivity contribution is 0.591. The molecule has 0 aliphatic heterocycles. The minimum atomic E-state index is -1.67. The Labute approximate surface area is 67.6 Å². The molecule has 0 fully saturated rings. The van der Waals surface area contributed by atoms with E-state index in [2.05, 4.69) is 4.72 Å². The van der Waals surface area contributed by atoms with Crippen molar-refractivity contribution < 1.29 is 4.21 Å². The largest absolute Gasteiger partial charge is 0.430 e. The zero-order chi connectivity index (χ0) is 8.10. The van der Waals surface area contributed by atoms with Crippen LogP contribution < -0.4 is 4.72 Å². The summed E-state index contributed by atoms with van der Waals surface area (Å²) in [6.45, 7) is 0.483. The van der Waals surface area contributed by atoms with Crippen LogP contribution in [-0.2, 0) is 21.5 Å². The van der Waals surface area contributed by atoms with Gasteiger partial charge in [0, 0.05) is 6.54 Å². The zero-order valence-electron chi connectivity index (χ0n) is 5.91. The van der Waals surface area contributed by atoms with Crippen LogP contribution in [0.15, 0.2) is 30.3 Å². The van der Waals surface area contributed by atoms with Crippen LogP contribution in [0, 0.1) is 4.78 Å². The fourth-order valence-corrected chi connectivity index (χ4v) is 1.04. The maximum Gasteiger partial charge on any atom is 0.00545 e. The van der Waals surface area contributed by atoms with Crippen molar-refractivity contribution in [2.45, 2.75) is 6.54 Å². The Kier molecular flexibility index (Phi) is 3.07. The molecule has 1 rings (SSSR count). The van der Waals surface area contributed by atoms with E-state index in [0.717, 1.165) is 5.56 Å². The fourth-order valence-electron chi connectivity index (χ4n) is 0.745. The third-order valence-electron chi connectivity index (χ3n) is 1.25. The molecule has 0 atom stereocenters. The molecule has 0 aromatic heterocycles. The summed E-state index contributed by atoms with van der Waals surface area (Å²) in [6.07, 6.45) is 0. The van der Waals surface area contributed by atoms with Gasteiger partial charge in [0.15, 0.2) is 0 Å². The van der Waals surface area contributed by atoms with E-state index in [4.69, 9.17) is 4.78 Å². The number of hydrogen-bond donors (Lipinski definition) is 2. The molecule has 1 aromatic carbocycles. The van der Waals surface area contributed by atoms with Crippen LogP contribution in [0.3, 0.4) is 0 Å². The van der Waals surface area contributed by atoms with Gasteiger partial charge in [-0.25, -0.2) is 0 Å². The second kappa shape index (κ2) is 4.10.